The molecule has 0 saturated heterocycles. The number of phenols is 1. The molecule has 19 heavy (non-hydrogen) atoms. The number of benzene rings is 1. The van der Waals surface area contributed by atoms with Crippen LogP contribution in [-0.2, 0) is 16.6 Å². The molecule has 0 spiro atoms. The van der Waals surface area contributed by atoms with Crippen molar-refractivity contribution in [2.75, 3.05) is 7.05 Å². The molecule has 0 atom stereocenters. The van der Waals surface area contributed by atoms with Crippen LogP contribution in [-0.4, -0.2) is 24.9 Å². The van der Waals surface area contributed by atoms with Crippen LogP contribution in [0, 0.1) is 6.92 Å². The Hall–Kier alpha value is -1.79. The van der Waals surface area contributed by atoms with E-state index in [0.29, 0.717) is 5.76 Å². The Labute approximate surface area is 112 Å². The quantitative estimate of drug-likeness (QED) is 0.931. The highest BCUT2D eigenvalue weighted by atomic mass is 32.2. The molecule has 0 radical (unpaired) electrons. The van der Waals surface area contributed by atoms with E-state index in [9.17, 15) is 13.5 Å². The lowest BCUT2D eigenvalue weighted by atomic mass is 10.3. The largest absolute Gasteiger partial charge is 0.508 e. The Bertz CT molecular complexity index is 658. The monoisotopic (exact) mass is 281 g/mol. The van der Waals surface area contributed by atoms with Crippen molar-refractivity contribution >= 4 is 10.0 Å². The van der Waals surface area contributed by atoms with Crippen molar-refractivity contribution in [3.05, 3.63) is 47.9 Å². The van der Waals surface area contributed by atoms with Crippen molar-refractivity contribution in [2.45, 2.75) is 18.4 Å². The summed E-state index contributed by atoms with van der Waals surface area (Å²) in [4.78, 5) is 0.135. The summed E-state index contributed by atoms with van der Waals surface area (Å²) in [6, 6.07) is 8.97. The highest BCUT2D eigenvalue weighted by molar-refractivity contribution is 7.89. The summed E-state index contributed by atoms with van der Waals surface area (Å²) >= 11 is 0. The molecule has 5 nitrogen and oxygen atoms in total. The summed E-state index contributed by atoms with van der Waals surface area (Å²) in [6.07, 6.45) is 0. The maximum Gasteiger partial charge on any atom is 0.243 e. The molecule has 0 saturated carbocycles. The van der Waals surface area contributed by atoms with Crippen LogP contribution in [0.25, 0.3) is 0 Å². The molecule has 1 aromatic heterocycles. The van der Waals surface area contributed by atoms with Crippen LogP contribution in [0.4, 0.5) is 0 Å². The Balaban J connectivity index is 2.21. The van der Waals surface area contributed by atoms with Crippen molar-refractivity contribution < 1.29 is 17.9 Å². The lowest BCUT2D eigenvalue weighted by Crippen LogP contribution is -2.26. The summed E-state index contributed by atoms with van der Waals surface area (Å²) in [5, 5.41) is 9.18. The van der Waals surface area contributed by atoms with Gasteiger partial charge in [-0.1, -0.05) is 0 Å². The number of furan rings is 1. The third-order valence-electron chi connectivity index (χ3n) is 2.72. The molecule has 2 rings (SSSR count). The first-order chi connectivity index (χ1) is 8.89. The number of phenolic OH excluding ortho intramolecular Hbond substituents is 1. The zero-order chi connectivity index (χ0) is 14.0. The summed E-state index contributed by atoms with van der Waals surface area (Å²) in [6.45, 7) is 1.97. The molecule has 0 aliphatic heterocycles. The average molecular weight is 281 g/mol. The van der Waals surface area contributed by atoms with Gasteiger partial charge in [-0.3, -0.25) is 0 Å². The average Bonchev–Trinajstić information content (AvgIpc) is 2.75. The fourth-order valence-corrected chi connectivity index (χ4v) is 2.81. The molecule has 6 heteroatoms. The van der Waals surface area contributed by atoms with E-state index in [4.69, 9.17) is 4.42 Å². The summed E-state index contributed by atoms with van der Waals surface area (Å²) in [7, 11) is -2.10. The van der Waals surface area contributed by atoms with Gasteiger partial charge in [0.05, 0.1) is 11.4 Å². The molecule has 0 aliphatic carbocycles. The van der Waals surface area contributed by atoms with E-state index in [1.54, 1.807) is 19.1 Å². The van der Waals surface area contributed by atoms with E-state index in [1.807, 2.05) is 0 Å². The van der Waals surface area contributed by atoms with Crippen LogP contribution in [0.3, 0.4) is 0 Å². The number of hydrogen-bond acceptors (Lipinski definition) is 4. The fraction of sp³-hybridized carbons (Fsp3) is 0.231. The van der Waals surface area contributed by atoms with E-state index in [-0.39, 0.29) is 17.2 Å². The van der Waals surface area contributed by atoms with Crippen LogP contribution >= 0.6 is 0 Å². The van der Waals surface area contributed by atoms with E-state index in [0.717, 1.165) is 5.76 Å². The van der Waals surface area contributed by atoms with Crippen molar-refractivity contribution in [1.82, 2.24) is 4.31 Å². The molecule has 2 aromatic rings. The van der Waals surface area contributed by atoms with E-state index in [2.05, 4.69) is 0 Å². The molecule has 1 N–H and O–H groups in total. The number of nitrogens with zero attached hydrogens (tertiary/aromatic N) is 1. The maximum absolute atomic E-state index is 12.3. The highest BCUT2D eigenvalue weighted by Crippen LogP contribution is 2.19. The number of hydrogen-bond donors (Lipinski definition) is 1. The molecule has 0 aliphatic rings. The summed E-state index contributed by atoms with van der Waals surface area (Å²) < 4.78 is 31.1. The van der Waals surface area contributed by atoms with Gasteiger partial charge < -0.3 is 9.52 Å². The van der Waals surface area contributed by atoms with Gasteiger partial charge in [-0.05, 0) is 43.3 Å². The van der Waals surface area contributed by atoms with Crippen LogP contribution < -0.4 is 0 Å². The van der Waals surface area contributed by atoms with Gasteiger partial charge in [0.1, 0.15) is 17.3 Å². The predicted molar refractivity (Wildman–Crippen MR) is 70.2 cm³/mol. The predicted octanol–water partition coefficient (Wildman–Crippen LogP) is 2.11. The van der Waals surface area contributed by atoms with Gasteiger partial charge in [0.2, 0.25) is 10.0 Å². The summed E-state index contributed by atoms with van der Waals surface area (Å²) in [5.74, 6) is 1.36. The van der Waals surface area contributed by atoms with Gasteiger partial charge >= 0.3 is 0 Å². The number of sulfonamides is 1. The smallest absolute Gasteiger partial charge is 0.243 e. The number of aromatic hydroxyl groups is 1. The Morgan fingerprint density at radius 1 is 1.16 bits per heavy atom. The second kappa shape index (κ2) is 5.07. The topological polar surface area (TPSA) is 70.8 Å². The molecule has 0 unspecified atom stereocenters. The molecule has 1 heterocycles. The standard InChI is InChI=1S/C13H15NO4S/c1-10-3-6-12(18-10)9-14(2)19(16,17)13-7-4-11(15)5-8-13/h3-8,15H,9H2,1-2H3. The molecule has 0 amide bonds. The molecule has 0 bridgehead atoms. The van der Waals surface area contributed by atoms with Crippen LogP contribution in [0.15, 0.2) is 45.7 Å². The summed E-state index contributed by atoms with van der Waals surface area (Å²) in [5.41, 5.74) is 0. The zero-order valence-corrected chi connectivity index (χ0v) is 11.5. The van der Waals surface area contributed by atoms with Crippen molar-refractivity contribution in [2.24, 2.45) is 0 Å². The van der Waals surface area contributed by atoms with E-state index >= 15 is 0 Å². The molecule has 102 valence electrons. The zero-order valence-electron chi connectivity index (χ0n) is 10.7. The van der Waals surface area contributed by atoms with Gasteiger partial charge in [-0.2, -0.15) is 4.31 Å². The lowest BCUT2D eigenvalue weighted by molar-refractivity contribution is 0.397. The number of rotatable bonds is 4. The van der Waals surface area contributed by atoms with Crippen molar-refractivity contribution in [1.29, 1.82) is 0 Å². The second-order valence-corrected chi connectivity index (χ2v) is 6.31. The van der Waals surface area contributed by atoms with Gasteiger partial charge in [0, 0.05) is 7.05 Å². The van der Waals surface area contributed by atoms with Gasteiger partial charge in [0.25, 0.3) is 0 Å². The van der Waals surface area contributed by atoms with E-state index < -0.39 is 10.0 Å². The molecule has 0 fully saturated rings. The third kappa shape index (κ3) is 2.97. The first-order valence-corrected chi connectivity index (χ1v) is 7.14. The number of aryl methyl sites for hydroxylation is 1. The van der Waals surface area contributed by atoms with E-state index in [1.165, 1.54) is 35.6 Å². The van der Waals surface area contributed by atoms with Gasteiger partial charge in [0.15, 0.2) is 0 Å². The van der Waals surface area contributed by atoms with Gasteiger partial charge in [-0.25, -0.2) is 8.42 Å². The Morgan fingerprint density at radius 2 is 1.79 bits per heavy atom. The third-order valence-corrected chi connectivity index (χ3v) is 4.54. The minimum atomic E-state index is -3.58. The maximum atomic E-state index is 12.3. The van der Waals surface area contributed by atoms with Crippen LogP contribution in [0.5, 0.6) is 5.75 Å². The first kappa shape index (κ1) is 13.6. The Morgan fingerprint density at radius 3 is 2.32 bits per heavy atom. The van der Waals surface area contributed by atoms with Crippen LogP contribution in [0.2, 0.25) is 0 Å². The van der Waals surface area contributed by atoms with Crippen LogP contribution in [0.1, 0.15) is 11.5 Å². The molecular weight excluding hydrogens is 266 g/mol. The lowest BCUT2D eigenvalue weighted by Gasteiger charge is -2.15. The SMILES string of the molecule is Cc1ccc(CN(C)S(=O)(=O)c2ccc(O)cc2)o1. The van der Waals surface area contributed by atoms with Crippen molar-refractivity contribution in [3.63, 3.8) is 0 Å². The minimum absolute atomic E-state index is 0.0308. The Kier molecular flexibility index (Phi) is 3.64. The van der Waals surface area contributed by atoms with Gasteiger partial charge in [-0.15, -0.1) is 0 Å². The normalized spacial score (nSPS) is 11.9. The molecule has 1 aromatic carbocycles. The second-order valence-electron chi connectivity index (χ2n) is 4.27. The fourth-order valence-electron chi connectivity index (χ4n) is 1.67. The minimum Gasteiger partial charge on any atom is -0.508 e. The molecular formula is C13H15NO4S. The highest BCUT2D eigenvalue weighted by Gasteiger charge is 2.21. The first-order valence-electron chi connectivity index (χ1n) is 5.70. The van der Waals surface area contributed by atoms with Crippen molar-refractivity contribution in [3.8, 4) is 5.75 Å².